The third-order valence-electron chi connectivity index (χ3n) is 4.32. The van der Waals surface area contributed by atoms with E-state index in [1.807, 2.05) is 31.2 Å². The molecule has 116 valence electrons. The SMILES string of the molecule is CCOC(=O)[C@@H]1CCCN(c2ccc(N)c3ccccc23)C1. The first-order valence-electron chi connectivity index (χ1n) is 7.89. The van der Waals surface area contributed by atoms with Crippen molar-refractivity contribution in [2.45, 2.75) is 19.8 Å². The molecule has 0 saturated carbocycles. The van der Waals surface area contributed by atoms with E-state index < -0.39 is 0 Å². The van der Waals surface area contributed by atoms with Gasteiger partial charge in [-0.25, -0.2) is 0 Å². The smallest absolute Gasteiger partial charge is 0.310 e. The van der Waals surface area contributed by atoms with Crippen molar-refractivity contribution < 1.29 is 9.53 Å². The molecule has 0 bridgehead atoms. The third-order valence-corrected chi connectivity index (χ3v) is 4.32. The van der Waals surface area contributed by atoms with Crippen LogP contribution in [0.1, 0.15) is 19.8 Å². The molecule has 0 aliphatic carbocycles. The summed E-state index contributed by atoms with van der Waals surface area (Å²) in [4.78, 5) is 14.3. The number of carbonyl (C=O) groups excluding carboxylic acids is 1. The Morgan fingerprint density at radius 1 is 1.27 bits per heavy atom. The number of fused-ring (bicyclic) bond motifs is 1. The second kappa shape index (κ2) is 6.26. The van der Waals surface area contributed by atoms with Gasteiger partial charge in [-0.2, -0.15) is 0 Å². The predicted molar refractivity (Wildman–Crippen MR) is 89.9 cm³/mol. The number of piperidine rings is 1. The number of carbonyl (C=O) groups is 1. The van der Waals surface area contributed by atoms with Crippen molar-refractivity contribution in [1.82, 2.24) is 0 Å². The number of nitrogen functional groups attached to an aromatic ring is 1. The van der Waals surface area contributed by atoms with E-state index in [1.165, 1.54) is 0 Å². The summed E-state index contributed by atoms with van der Waals surface area (Å²) in [5.74, 6) is -0.114. The molecule has 1 fully saturated rings. The van der Waals surface area contributed by atoms with Gasteiger partial charge < -0.3 is 15.4 Å². The molecular weight excluding hydrogens is 276 g/mol. The molecule has 2 aromatic rings. The van der Waals surface area contributed by atoms with Gasteiger partial charge in [0.25, 0.3) is 0 Å². The second-order valence-electron chi connectivity index (χ2n) is 5.76. The first-order valence-corrected chi connectivity index (χ1v) is 7.89. The average Bonchev–Trinajstić information content (AvgIpc) is 2.56. The molecule has 1 atom stereocenters. The molecule has 0 radical (unpaired) electrons. The Labute approximate surface area is 130 Å². The van der Waals surface area contributed by atoms with Crippen LogP contribution in [0, 0.1) is 5.92 Å². The Balaban J connectivity index is 1.91. The first kappa shape index (κ1) is 14.7. The molecule has 4 nitrogen and oxygen atoms in total. The third kappa shape index (κ3) is 2.73. The van der Waals surface area contributed by atoms with Crippen LogP contribution in [0.25, 0.3) is 10.8 Å². The van der Waals surface area contributed by atoms with Gasteiger partial charge in [-0.05, 0) is 31.9 Å². The van der Waals surface area contributed by atoms with Crippen LogP contribution in [0.3, 0.4) is 0 Å². The lowest BCUT2D eigenvalue weighted by atomic mass is 9.96. The molecule has 1 aliphatic rings. The number of nitrogens with two attached hydrogens (primary N) is 1. The van der Waals surface area contributed by atoms with Crippen molar-refractivity contribution >= 4 is 28.1 Å². The normalized spacial score (nSPS) is 18.4. The number of ether oxygens (including phenoxy) is 1. The summed E-state index contributed by atoms with van der Waals surface area (Å²) in [5.41, 5.74) is 8.02. The highest BCUT2D eigenvalue weighted by Gasteiger charge is 2.27. The quantitative estimate of drug-likeness (QED) is 0.698. The van der Waals surface area contributed by atoms with Crippen LogP contribution in [0.4, 0.5) is 11.4 Å². The lowest BCUT2D eigenvalue weighted by molar-refractivity contribution is -0.148. The molecule has 4 heteroatoms. The molecule has 3 rings (SSSR count). The van der Waals surface area contributed by atoms with Crippen LogP contribution < -0.4 is 10.6 Å². The highest BCUT2D eigenvalue weighted by Crippen LogP contribution is 2.33. The van der Waals surface area contributed by atoms with Gasteiger partial charge in [0.05, 0.1) is 12.5 Å². The summed E-state index contributed by atoms with van der Waals surface area (Å²) in [6.45, 7) is 3.97. The van der Waals surface area contributed by atoms with E-state index in [9.17, 15) is 4.79 Å². The molecular formula is C18H22N2O2. The van der Waals surface area contributed by atoms with Crippen molar-refractivity contribution in [2.75, 3.05) is 30.3 Å². The lowest BCUT2D eigenvalue weighted by Gasteiger charge is -2.34. The maximum atomic E-state index is 12.0. The first-order chi connectivity index (χ1) is 10.7. The van der Waals surface area contributed by atoms with Gasteiger partial charge in [0, 0.05) is 35.2 Å². The van der Waals surface area contributed by atoms with Gasteiger partial charge >= 0.3 is 5.97 Å². The van der Waals surface area contributed by atoms with Crippen molar-refractivity contribution in [3.63, 3.8) is 0 Å². The summed E-state index contributed by atoms with van der Waals surface area (Å²) >= 11 is 0. The van der Waals surface area contributed by atoms with Crippen LogP contribution in [0.5, 0.6) is 0 Å². The molecule has 22 heavy (non-hydrogen) atoms. The predicted octanol–water partition coefficient (Wildman–Crippen LogP) is 3.20. The maximum absolute atomic E-state index is 12.0. The van der Waals surface area contributed by atoms with E-state index in [-0.39, 0.29) is 11.9 Å². The van der Waals surface area contributed by atoms with Gasteiger partial charge in [0.1, 0.15) is 0 Å². The maximum Gasteiger partial charge on any atom is 0.310 e. The van der Waals surface area contributed by atoms with Crippen LogP contribution in [0.15, 0.2) is 36.4 Å². The number of rotatable bonds is 3. The Morgan fingerprint density at radius 3 is 2.82 bits per heavy atom. The van der Waals surface area contributed by atoms with Gasteiger partial charge in [-0.15, -0.1) is 0 Å². The Kier molecular flexibility index (Phi) is 4.18. The van der Waals surface area contributed by atoms with E-state index in [0.717, 1.165) is 41.5 Å². The minimum Gasteiger partial charge on any atom is -0.466 e. The molecule has 0 unspecified atom stereocenters. The van der Waals surface area contributed by atoms with Crippen molar-refractivity contribution in [1.29, 1.82) is 0 Å². The molecule has 1 saturated heterocycles. The van der Waals surface area contributed by atoms with Crippen molar-refractivity contribution in [2.24, 2.45) is 5.92 Å². The summed E-state index contributed by atoms with van der Waals surface area (Å²) in [7, 11) is 0. The zero-order valence-corrected chi connectivity index (χ0v) is 12.9. The summed E-state index contributed by atoms with van der Waals surface area (Å²) in [5, 5.41) is 2.21. The van der Waals surface area contributed by atoms with E-state index in [0.29, 0.717) is 13.2 Å². The Hall–Kier alpha value is -2.23. The highest BCUT2D eigenvalue weighted by molar-refractivity contribution is 6.01. The molecule has 0 amide bonds. The molecule has 1 aliphatic heterocycles. The molecule has 2 N–H and O–H groups in total. The molecule has 2 aromatic carbocycles. The highest BCUT2D eigenvalue weighted by atomic mass is 16.5. The number of hydrogen-bond acceptors (Lipinski definition) is 4. The van der Waals surface area contributed by atoms with Crippen LogP contribution >= 0.6 is 0 Å². The fraction of sp³-hybridized carbons (Fsp3) is 0.389. The van der Waals surface area contributed by atoms with Crippen molar-refractivity contribution in [3.8, 4) is 0 Å². The standard InChI is InChI=1S/C18H22N2O2/c1-2-22-18(21)13-6-5-11-20(12-13)17-10-9-16(19)14-7-3-4-8-15(14)17/h3-4,7-10,13H,2,5-6,11-12,19H2,1H3/t13-/m1/s1. The van der Waals surface area contributed by atoms with E-state index in [2.05, 4.69) is 17.0 Å². The fourth-order valence-corrected chi connectivity index (χ4v) is 3.23. The minimum atomic E-state index is -0.0769. The topological polar surface area (TPSA) is 55.6 Å². The van der Waals surface area contributed by atoms with Gasteiger partial charge in [0.15, 0.2) is 0 Å². The van der Waals surface area contributed by atoms with Crippen LogP contribution in [0.2, 0.25) is 0 Å². The van der Waals surface area contributed by atoms with Crippen molar-refractivity contribution in [3.05, 3.63) is 36.4 Å². The summed E-state index contributed by atoms with van der Waals surface area (Å²) in [6, 6.07) is 12.2. The molecule has 0 spiro atoms. The molecule has 1 heterocycles. The Morgan fingerprint density at radius 2 is 2.05 bits per heavy atom. The van der Waals surface area contributed by atoms with E-state index >= 15 is 0 Å². The lowest BCUT2D eigenvalue weighted by Crippen LogP contribution is -2.39. The number of benzene rings is 2. The zero-order chi connectivity index (χ0) is 15.5. The fourth-order valence-electron chi connectivity index (χ4n) is 3.23. The van der Waals surface area contributed by atoms with E-state index in [4.69, 9.17) is 10.5 Å². The number of anilines is 2. The summed E-state index contributed by atoms with van der Waals surface area (Å²) < 4.78 is 5.19. The van der Waals surface area contributed by atoms with Crippen LogP contribution in [-0.4, -0.2) is 25.7 Å². The van der Waals surface area contributed by atoms with Gasteiger partial charge in [0.2, 0.25) is 0 Å². The van der Waals surface area contributed by atoms with Crippen LogP contribution in [-0.2, 0) is 9.53 Å². The van der Waals surface area contributed by atoms with Gasteiger partial charge in [-0.1, -0.05) is 24.3 Å². The minimum absolute atomic E-state index is 0.0370. The zero-order valence-electron chi connectivity index (χ0n) is 12.9. The second-order valence-corrected chi connectivity index (χ2v) is 5.76. The number of nitrogens with zero attached hydrogens (tertiary/aromatic N) is 1. The average molecular weight is 298 g/mol. The number of esters is 1. The van der Waals surface area contributed by atoms with Gasteiger partial charge in [-0.3, -0.25) is 4.79 Å². The summed E-state index contributed by atoms with van der Waals surface area (Å²) in [6.07, 6.45) is 1.91. The monoisotopic (exact) mass is 298 g/mol. The molecule has 0 aromatic heterocycles. The number of hydrogen-bond donors (Lipinski definition) is 1. The largest absolute Gasteiger partial charge is 0.466 e. The Bertz CT molecular complexity index is 684. The van der Waals surface area contributed by atoms with E-state index in [1.54, 1.807) is 0 Å².